The summed E-state index contributed by atoms with van der Waals surface area (Å²) >= 11 is 0. The lowest BCUT2D eigenvalue weighted by atomic mass is 10.1. The van der Waals surface area contributed by atoms with Crippen molar-refractivity contribution in [2.24, 2.45) is 16.6 Å². The average Bonchev–Trinajstić information content (AvgIpc) is 2.21. The van der Waals surface area contributed by atoms with Crippen LogP contribution in [0.4, 0.5) is 4.39 Å². The summed E-state index contributed by atoms with van der Waals surface area (Å²) in [4.78, 5) is 0. The zero-order chi connectivity index (χ0) is 11.3. The number of guanidine groups is 1. The molecule has 15 heavy (non-hydrogen) atoms. The third-order valence-corrected chi connectivity index (χ3v) is 1.83. The van der Waals surface area contributed by atoms with E-state index < -0.39 is 0 Å². The largest absolute Gasteiger partial charge is 0.362 e. The van der Waals surface area contributed by atoms with Gasteiger partial charge in [0.05, 0.1) is 5.71 Å². The Kier molecular flexibility index (Phi) is 3.79. The molecule has 0 unspecified atom stereocenters. The smallest absolute Gasteiger partial charge is 0.289 e. The summed E-state index contributed by atoms with van der Waals surface area (Å²) in [5, 5.41) is 6.47. The number of hydrogen-bond donors (Lipinski definition) is 3. The minimum Gasteiger partial charge on any atom is -0.289 e. The van der Waals surface area contributed by atoms with Crippen LogP contribution in [0.5, 0.6) is 0 Å². The fourth-order valence-electron chi connectivity index (χ4n) is 1.12. The summed E-state index contributed by atoms with van der Waals surface area (Å²) in [6, 6.07) is 6.09. The first-order valence-electron chi connectivity index (χ1n) is 4.60. The van der Waals surface area contributed by atoms with Crippen LogP contribution in [0.15, 0.2) is 29.4 Å². The van der Waals surface area contributed by atoms with Gasteiger partial charge in [-0.25, -0.2) is 4.39 Å². The maximum atomic E-state index is 12.7. The highest BCUT2D eigenvalue weighted by atomic mass is 19.1. The lowest BCUT2D eigenvalue weighted by Crippen LogP contribution is -2.73. The quantitative estimate of drug-likeness (QED) is 0.349. The van der Waals surface area contributed by atoms with E-state index in [1.165, 1.54) is 12.1 Å². The van der Waals surface area contributed by atoms with Crippen LogP contribution in [0, 0.1) is 5.82 Å². The van der Waals surface area contributed by atoms with Crippen LogP contribution in [0.3, 0.4) is 0 Å². The fourth-order valence-corrected chi connectivity index (χ4v) is 1.12. The van der Waals surface area contributed by atoms with Crippen LogP contribution >= 0.6 is 0 Å². The molecular weight excluding hydrogens is 195 g/mol. The van der Waals surface area contributed by atoms with Gasteiger partial charge in [0.1, 0.15) is 5.82 Å². The van der Waals surface area contributed by atoms with Gasteiger partial charge < -0.3 is 0 Å². The van der Waals surface area contributed by atoms with Crippen molar-refractivity contribution in [3.8, 4) is 0 Å². The van der Waals surface area contributed by atoms with Crippen molar-refractivity contribution in [3.05, 3.63) is 35.6 Å². The number of nitrogens with zero attached hydrogens (tertiary/aromatic N) is 1. The Balaban J connectivity index is 2.97. The number of hydrazone groups is 1. The van der Waals surface area contributed by atoms with Crippen molar-refractivity contribution < 1.29 is 9.49 Å². The normalized spacial score (nSPS) is 11.2. The van der Waals surface area contributed by atoms with E-state index in [1.54, 1.807) is 12.1 Å². The van der Waals surface area contributed by atoms with Crippen LogP contribution in [-0.4, -0.2) is 11.7 Å². The van der Waals surface area contributed by atoms with E-state index in [-0.39, 0.29) is 11.8 Å². The van der Waals surface area contributed by atoms with Crippen molar-refractivity contribution in [2.75, 3.05) is 0 Å². The molecule has 0 fully saturated rings. The van der Waals surface area contributed by atoms with E-state index in [9.17, 15) is 4.39 Å². The molecule has 0 atom stereocenters. The van der Waals surface area contributed by atoms with Crippen LogP contribution < -0.4 is 16.6 Å². The molecule has 0 radical (unpaired) electrons. The highest BCUT2D eigenvalue weighted by Crippen LogP contribution is 2.05. The Bertz CT molecular complexity index is 377. The summed E-state index contributed by atoms with van der Waals surface area (Å²) in [6.45, 7) is 1.94. The zero-order valence-corrected chi connectivity index (χ0v) is 8.50. The van der Waals surface area contributed by atoms with Gasteiger partial charge in [-0.2, -0.15) is 5.10 Å². The first kappa shape index (κ1) is 11.2. The number of hydrogen-bond acceptors (Lipinski definition) is 1. The average molecular weight is 209 g/mol. The van der Waals surface area contributed by atoms with Gasteiger partial charge in [0.15, 0.2) is 0 Å². The molecule has 1 aromatic rings. The predicted octanol–water partition coefficient (Wildman–Crippen LogP) is -0.706. The number of rotatable bonds is 3. The maximum absolute atomic E-state index is 12.7. The highest BCUT2D eigenvalue weighted by Gasteiger charge is 2.01. The molecule has 5 heteroatoms. The monoisotopic (exact) mass is 209 g/mol. The molecule has 0 heterocycles. The lowest BCUT2D eigenvalue weighted by Gasteiger charge is -2.00. The van der Waals surface area contributed by atoms with Crippen LogP contribution in [-0.2, 0) is 0 Å². The number of nitrogens with one attached hydrogen (secondary N) is 1. The number of halogens is 1. The van der Waals surface area contributed by atoms with Gasteiger partial charge in [-0.15, -0.1) is 5.10 Å². The molecule has 5 N–H and O–H groups in total. The second-order valence-corrected chi connectivity index (χ2v) is 2.99. The SMILES string of the molecule is CC/C(=N/[NH+]=C(N)N)c1ccc(F)cc1. The van der Waals surface area contributed by atoms with Crippen LogP contribution in [0.1, 0.15) is 18.9 Å². The van der Waals surface area contributed by atoms with Gasteiger partial charge in [-0.1, -0.05) is 19.1 Å². The van der Waals surface area contributed by atoms with Crippen molar-refractivity contribution >= 4 is 11.7 Å². The topological polar surface area (TPSA) is 78.4 Å². The first-order chi connectivity index (χ1) is 7.13. The highest BCUT2D eigenvalue weighted by molar-refractivity contribution is 5.99. The molecular formula is C10H14FN4+. The second kappa shape index (κ2) is 5.09. The molecule has 0 saturated carbocycles. The minimum atomic E-state index is -0.271. The Morgan fingerprint density at radius 3 is 2.40 bits per heavy atom. The van der Waals surface area contributed by atoms with Crippen molar-refractivity contribution in [3.63, 3.8) is 0 Å². The molecule has 80 valence electrons. The standard InChI is InChI=1S/C10H13FN4/c1-2-9(14-15-10(12)13)7-3-5-8(11)6-4-7/h3-6H,2H2,1H3,(H4,12,13,15)/p+1/b14-9-. The molecule has 0 aromatic heterocycles. The van der Waals surface area contributed by atoms with Crippen molar-refractivity contribution in [1.82, 2.24) is 0 Å². The number of benzene rings is 1. The molecule has 0 spiro atoms. The van der Waals surface area contributed by atoms with Gasteiger partial charge in [-0.05, 0) is 24.1 Å². The second-order valence-electron chi connectivity index (χ2n) is 2.99. The molecule has 0 aliphatic heterocycles. The summed E-state index contributed by atoms with van der Waals surface area (Å²) in [6.07, 6.45) is 0.700. The van der Waals surface area contributed by atoms with Gasteiger partial charge in [0.25, 0.3) is 0 Å². The molecule has 0 aliphatic rings. The summed E-state index contributed by atoms with van der Waals surface area (Å²) in [5.74, 6) is -0.241. The van der Waals surface area contributed by atoms with Gasteiger partial charge in [-0.3, -0.25) is 11.5 Å². The fraction of sp³-hybridized carbons (Fsp3) is 0.200. The van der Waals surface area contributed by atoms with E-state index in [0.29, 0.717) is 6.42 Å². The molecule has 0 amide bonds. The Hall–Kier alpha value is -1.91. The molecule has 1 aromatic carbocycles. The predicted molar refractivity (Wildman–Crippen MR) is 57.6 cm³/mol. The Labute approximate surface area is 87.5 Å². The Morgan fingerprint density at radius 2 is 1.93 bits per heavy atom. The maximum Gasteiger partial charge on any atom is 0.362 e. The van der Waals surface area contributed by atoms with E-state index in [4.69, 9.17) is 11.5 Å². The molecule has 4 nitrogen and oxygen atoms in total. The number of nitrogens with two attached hydrogens (primary N) is 2. The van der Waals surface area contributed by atoms with Gasteiger partial charge in [0, 0.05) is 0 Å². The summed E-state index contributed by atoms with van der Waals surface area (Å²) < 4.78 is 12.7. The lowest BCUT2D eigenvalue weighted by molar-refractivity contribution is -0.464. The molecule has 0 bridgehead atoms. The molecule has 1 rings (SSSR count). The molecule has 0 saturated heterocycles. The van der Waals surface area contributed by atoms with E-state index in [0.717, 1.165) is 11.3 Å². The Morgan fingerprint density at radius 1 is 1.33 bits per heavy atom. The van der Waals surface area contributed by atoms with Crippen LogP contribution in [0.2, 0.25) is 0 Å². The first-order valence-corrected chi connectivity index (χ1v) is 4.60. The van der Waals surface area contributed by atoms with Crippen molar-refractivity contribution in [2.45, 2.75) is 13.3 Å². The van der Waals surface area contributed by atoms with Crippen molar-refractivity contribution in [1.29, 1.82) is 0 Å². The third-order valence-electron chi connectivity index (χ3n) is 1.83. The van der Waals surface area contributed by atoms with E-state index in [2.05, 4.69) is 10.2 Å². The van der Waals surface area contributed by atoms with E-state index in [1.807, 2.05) is 6.92 Å². The summed E-state index contributed by atoms with van der Waals surface area (Å²) in [5.41, 5.74) is 12.0. The zero-order valence-electron chi connectivity index (χ0n) is 8.50. The van der Waals surface area contributed by atoms with Gasteiger partial charge >= 0.3 is 5.96 Å². The third kappa shape index (κ3) is 3.38. The van der Waals surface area contributed by atoms with Crippen LogP contribution in [0.25, 0.3) is 0 Å². The van der Waals surface area contributed by atoms with Gasteiger partial charge in [0.2, 0.25) is 0 Å². The molecule has 0 aliphatic carbocycles. The van der Waals surface area contributed by atoms with E-state index >= 15 is 0 Å². The minimum absolute atomic E-state index is 0.0306. The summed E-state index contributed by atoms with van der Waals surface area (Å²) in [7, 11) is 0.